The van der Waals surface area contributed by atoms with Crippen LogP contribution in [0, 0.1) is 0 Å². The van der Waals surface area contributed by atoms with Crippen LogP contribution in [0.15, 0.2) is 30.3 Å². The van der Waals surface area contributed by atoms with Crippen molar-refractivity contribution >= 4 is 11.8 Å². The molecule has 92 valence electrons. The van der Waals surface area contributed by atoms with Gasteiger partial charge >= 0.3 is 0 Å². The third kappa shape index (κ3) is 6.35. The summed E-state index contributed by atoms with van der Waals surface area (Å²) in [5, 5.41) is 5.40. The van der Waals surface area contributed by atoms with Crippen LogP contribution in [0.3, 0.4) is 0 Å². The van der Waals surface area contributed by atoms with E-state index in [1.54, 1.807) is 0 Å². The van der Waals surface area contributed by atoms with E-state index in [1.807, 2.05) is 30.3 Å². The SMILES string of the molecule is CC(=O)NCCC(=O)NCCc1ccccc1. The summed E-state index contributed by atoms with van der Waals surface area (Å²) in [7, 11) is 0. The topological polar surface area (TPSA) is 58.2 Å². The van der Waals surface area contributed by atoms with E-state index in [1.165, 1.54) is 12.5 Å². The van der Waals surface area contributed by atoms with Gasteiger partial charge in [0.2, 0.25) is 11.8 Å². The monoisotopic (exact) mass is 234 g/mol. The Morgan fingerprint density at radius 1 is 1.06 bits per heavy atom. The molecule has 0 saturated carbocycles. The van der Waals surface area contributed by atoms with Gasteiger partial charge in [-0.1, -0.05) is 30.3 Å². The van der Waals surface area contributed by atoms with E-state index in [9.17, 15) is 9.59 Å². The second-order valence-electron chi connectivity index (χ2n) is 3.82. The molecule has 1 rings (SSSR count). The lowest BCUT2D eigenvalue weighted by molar-refractivity contribution is -0.121. The molecule has 2 amide bonds. The second-order valence-corrected chi connectivity index (χ2v) is 3.82. The van der Waals surface area contributed by atoms with Crippen LogP contribution < -0.4 is 10.6 Å². The average molecular weight is 234 g/mol. The summed E-state index contributed by atoms with van der Waals surface area (Å²) in [6.45, 7) is 2.46. The Balaban J connectivity index is 2.10. The summed E-state index contributed by atoms with van der Waals surface area (Å²) < 4.78 is 0. The molecule has 17 heavy (non-hydrogen) atoms. The van der Waals surface area contributed by atoms with Crippen molar-refractivity contribution in [1.82, 2.24) is 10.6 Å². The zero-order chi connectivity index (χ0) is 12.5. The van der Waals surface area contributed by atoms with Gasteiger partial charge < -0.3 is 10.6 Å². The van der Waals surface area contributed by atoms with E-state index >= 15 is 0 Å². The number of hydrogen-bond acceptors (Lipinski definition) is 2. The number of carbonyl (C=O) groups excluding carboxylic acids is 2. The van der Waals surface area contributed by atoms with Gasteiger partial charge in [-0.25, -0.2) is 0 Å². The van der Waals surface area contributed by atoms with Crippen LogP contribution in [0.1, 0.15) is 18.9 Å². The van der Waals surface area contributed by atoms with Gasteiger partial charge in [-0.2, -0.15) is 0 Å². The first-order valence-corrected chi connectivity index (χ1v) is 5.73. The highest BCUT2D eigenvalue weighted by molar-refractivity contribution is 5.77. The largest absolute Gasteiger partial charge is 0.356 e. The van der Waals surface area contributed by atoms with Crippen LogP contribution in [0.2, 0.25) is 0 Å². The van der Waals surface area contributed by atoms with E-state index in [0.29, 0.717) is 19.5 Å². The lowest BCUT2D eigenvalue weighted by atomic mass is 10.1. The molecule has 0 atom stereocenters. The van der Waals surface area contributed by atoms with Crippen LogP contribution in [0.25, 0.3) is 0 Å². The van der Waals surface area contributed by atoms with Gasteiger partial charge in [0.05, 0.1) is 0 Å². The molecule has 0 bridgehead atoms. The third-order valence-corrected chi connectivity index (χ3v) is 2.30. The van der Waals surface area contributed by atoms with Crippen molar-refractivity contribution in [3.63, 3.8) is 0 Å². The van der Waals surface area contributed by atoms with Crippen molar-refractivity contribution < 1.29 is 9.59 Å². The molecule has 0 saturated heterocycles. The van der Waals surface area contributed by atoms with E-state index in [4.69, 9.17) is 0 Å². The highest BCUT2D eigenvalue weighted by atomic mass is 16.2. The third-order valence-electron chi connectivity index (χ3n) is 2.30. The number of hydrogen-bond donors (Lipinski definition) is 2. The summed E-state index contributed by atoms with van der Waals surface area (Å²) >= 11 is 0. The number of nitrogens with one attached hydrogen (secondary N) is 2. The maximum absolute atomic E-state index is 11.4. The number of carbonyl (C=O) groups is 2. The minimum atomic E-state index is -0.109. The Labute approximate surface area is 101 Å². The smallest absolute Gasteiger partial charge is 0.221 e. The van der Waals surface area contributed by atoms with Crippen molar-refractivity contribution in [3.8, 4) is 0 Å². The molecule has 0 spiro atoms. The number of rotatable bonds is 6. The van der Waals surface area contributed by atoms with Gasteiger partial charge in [0, 0.05) is 26.4 Å². The predicted octanol–water partition coefficient (Wildman–Crippen LogP) is 0.871. The quantitative estimate of drug-likeness (QED) is 0.767. The second kappa shape index (κ2) is 7.44. The molecule has 0 radical (unpaired) electrons. The minimum Gasteiger partial charge on any atom is -0.356 e. The van der Waals surface area contributed by atoms with E-state index in [2.05, 4.69) is 10.6 Å². The van der Waals surface area contributed by atoms with Crippen molar-refractivity contribution in [2.24, 2.45) is 0 Å². The minimum absolute atomic E-state index is 0.0327. The fourth-order valence-electron chi connectivity index (χ4n) is 1.43. The predicted molar refractivity (Wildman–Crippen MR) is 66.5 cm³/mol. The number of amides is 2. The summed E-state index contributed by atoms with van der Waals surface area (Å²) in [5.74, 6) is -0.142. The van der Waals surface area contributed by atoms with E-state index < -0.39 is 0 Å². The maximum Gasteiger partial charge on any atom is 0.221 e. The summed E-state index contributed by atoms with van der Waals surface area (Å²) in [6.07, 6.45) is 1.15. The molecule has 0 unspecified atom stereocenters. The molecule has 4 nitrogen and oxygen atoms in total. The fourth-order valence-corrected chi connectivity index (χ4v) is 1.43. The first kappa shape index (κ1) is 13.2. The van der Waals surface area contributed by atoms with Gasteiger partial charge in [0.1, 0.15) is 0 Å². The summed E-state index contributed by atoms with van der Waals surface area (Å²) in [6, 6.07) is 9.99. The molecule has 0 aliphatic rings. The van der Waals surface area contributed by atoms with Gasteiger partial charge in [-0.15, -0.1) is 0 Å². The summed E-state index contributed by atoms with van der Waals surface area (Å²) in [5.41, 5.74) is 1.20. The van der Waals surface area contributed by atoms with Crippen LogP contribution in [-0.4, -0.2) is 24.9 Å². The molecule has 0 fully saturated rings. The Morgan fingerprint density at radius 3 is 2.41 bits per heavy atom. The van der Waals surface area contributed by atoms with E-state index in [-0.39, 0.29) is 11.8 Å². The Bertz CT molecular complexity index is 363. The molecule has 4 heteroatoms. The summed E-state index contributed by atoms with van der Waals surface area (Å²) in [4.78, 5) is 21.9. The van der Waals surface area contributed by atoms with Crippen molar-refractivity contribution in [1.29, 1.82) is 0 Å². The first-order chi connectivity index (χ1) is 8.18. The highest BCUT2D eigenvalue weighted by Gasteiger charge is 2.00. The zero-order valence-corrected chi connectivity index (χ0v) is 10.0. The van der Waals surface area contributed by atoms with Crippen LogP contribution >= 0.6 is 0 Å². The Kier molecular flexibility index (Phi) is 5.79. The lowest BCUT2D eigenvalue weighted by Crippen LogP contribution is -2.30. The molecule has 0 aliphatic heterocycles. The van der Waals surface area contributed by atoms with Gasteiger partial charge in [0.15, 0.2) is 0 Å². The zero-order valence-electron chi connectivity index (χ0n) is 10.0. The first-order valence-electron chi connectivity index (χ1n) is 5.73. The Hall–Kier alpha value is -1.84. The number of benzene rings is 1. The van der Waals surface area contributed by atoms with Crippen molar-refractivity contribution in [2.45, 2.75) is 19.8 Å². The maximum atomic E-state index is 11.4. The molecular formula is C13H18N2O2. The Morgan fingerprint density at radius 2 is 1.76 bits per heavy atom. The fraction of sp³-hybridized carbons (Fsp3) is 0.385. The molecule has 2 N–H and O–H groups in total. The van der Waals surface area contributed by atoms with Crippen LogP contribution in [-0.2, 0) is 16.0 Å². The molecule has 1 aromatic rings. The van der Waals surface area contributed by atoms with Crippen LogP contribution in [0.5, 0.6) is 0 Å². The standard InChI is InChI=1S/C13H18N2O2/c1-11(16)14-10-8-13(17)15-9-7-12-5-3-2-4-6-12/h2-6H,7-10H2,1H3,(H,14,16)(H,15,17). The normalized spacial score (nSPS) is 9.71. The molecule has 0 aromatic heterocycles. The van der Waals surface area contributed by atoms with Gasteiger partial charge in [0.25, 0.3) is 0 Å². The molecule has 0 heterocycles. The van der Waals surface area contributed by atoms with E-state index in [0.717, 1.165) is 6.42 Å². The van der Waals surface area contributed by atoms with Gasteiger partial charge in [-0.3, -0.25) is 9.59 Å². The molecule has 0 aliphatic carbocycles. The molecular weight excluding hydrogens is 216 g/mol. The molecule has 1 aromatic carbocycles. The highest BCUT2D eigenvalue weighted by Crippen LogP contribution is 1.98. The lowest BCUT2D eigenvalue weighted by Gasteiger charge is -2.05. The van der Waals surface area contributed by atoms with Crippen molar-refractivity contribution in [3.05, 3.63) is 35.9 Å². The van der Waals surface area contributed by atoms with Crippen LogP contribution in [0.4, 0.5) is 0 Å². The van der Waals surface area contributed by atoms with Gasteiger partial charge in [-0.05, 0) is 12.0 Å². The van der Waals surface area contributed by atoms with Crippen molar-refractivity contribution in [2.75, 3.05) is 13.1 Å². The average Bonchev–Trinajstić information content (AvgIpc) is 2.30.